The van der Waals surface area contributed by atoms with Crippen LogP contribution in [-0.2, 0) is 0 Å². The van der Waals surface area contributed by atoms with E-state index in [1.807, 2.05) is 48.5 Å². The highest BCUT2D eigenvalue weighted by Gasteiger charge is 2.15. The lowest BCUT2D eigenvalue weighted by Crippen LogP contribution is -2.46. The van der Waals surface area contributed by atoms with Crippen LogP contribution in [0.5, 0.6) is 11.5 Å². The van der Waals surface area contributed by atoms with E-state index in [2.05, 4.69) is 42.4 Å². The number of nitrogens with zero attached hydrogens (tertiary/aromatic N) is 4. The number of amides is 1. The third kappa shape index (κ3) is 5.87. The van der Waals surface area contributed by atoms with Gasteiger partial charge in [-0.3, -0.25) is 9.69 Å². The molecule has 3 N–H and O–H groups in total. The predicted molar refractivity (Wildman–Crippen MR) is 148 cm³/mol. The smallest absolute Gasteiger partial charge is 0.267 e. The van der Waals surface area contributed by atoms with Crippen LogP contribution >= 0.6 is 0 Å². The Kier molecular flexibility index (Phi) is 7.71. The molecular weight excluding hydrogens is 482 g/mol. The summed E-state index contributed by atoms with van der Waals surface area (Å²) in [5, 5.41) is 7.23. The minimum atomic E-state index is -0.101. The van der Waals surface area contributed by atoms with Gasteiger partial charge in [0.2, 0.25) is 5.95 Å². The van der Waals surface area contributed by atoms with Gasteiger partial charge in [0.05, 0.1) is 19.9 Å². The number of anilines is 2. The summed E-state index contributed by atoms with van der Waals surface area (Å²) in [7, 11) is 5.35. The number of aromatic nitrogens is 3. The molecule has 0 atom stereocenters. The average molecular weight is 516 g/mol. The fraction of sp³-hybridized carbons (Fsp3) is 0.321. The Balaban J connectivity index is 1.24. The number of aromatic amines is 1. The normalized spacial score (nSPS) is 14.4. The molecule has 5 rings (SSSR count). The van der Waals surface area contributed by atoms with Gasteiger partial charge in [-0.25, -0.2) is 9.97 Å². The number of likely N-dealkylation sites (N-methyl/N-ethyl adjacent to an activating group) is 1. The summed E-state index contributed by atoms with van der Waals surface area (Å²) < 4.78 is 10.7. The molecule has 10 heteroatoms. The van der Waals surface area contributed by atoms with Crippen molar-refractivity contribution in [2.45, 2.75) is 0 Å². The lowest BCUT2D eigenvalue weighted by atomic mass is 10.1. The lowest BCUT2D eigenvalue weighted by Gasteiger charge is -2.32. The zero-order chi connectivity index (χ0) is 26.5. The Morgan fingerprint density at radius 2 is 1.82 bits per heavy atom. The van der Waals surface area contributed by atoms with Crippen LogP contribution in [0.2, 0.25) is 0 Å². The molecule has 0 bridgehead atoms. The van der Waals surface area contributed by atoms with Crippen molar-refractivity contribution in [3.05, 3.63) is 60.4 Å². The van der Waals surface area contributed by atoms with Crippen molar-refractivity contribution in [3.8, 4) is 22.8 Å². The van der Waals surface area contributed by atoms with Gasteiger partial charge in [-0.1, -0.05) is 0 Å². The number of hydrogen-bond donors (Lipinski definition) is 3. The number of benzene rings is 2. The lowest BCUT2D eigenvalue weighted by molar-refractivity contribution is 0.0937. The number of methoxy groups -OCH3 is 2. The van der Waals surface area contributed by atoms with Crippen LogP contribution < -0.4 is 20.1 Å². The fourth-order valence-corrected chi connectivity index (χ4v) is 4.53. The van der Waals surface area contributed by atoms with Crippen molar-refractivity contribution in [1.82, 2.24) is 30.1 Å². The number of rotatable bonds is 9. The number of hydrogen-bond acceptors (Lipinski definition) is 8. The molecular formula is C28H33N7O3. The second kappa shape index (κ2) is 11.5. The maximum Gasteiger partial charge on any atom is 0.267 e. The summed E-state index contributed by atoms with van der Waals surface area (Å²) in [5.74, 6) is 1.66. The van der Waals surface area contributed by atoms with Crippen LogP contribution in [0, 0.1) is 0 Å². The van der Waals surface area contributed by atoms with Crippen molar-refractivity contribution >= 4 is 28.4 Å². The van der Waals surface area contributed by atoms with Crippen molar-refractivity contribution in [2.24, 2.45) is 0 Å². The van der Waals surface area contributed by atoms with Crippen molar-refractivity contribution < 1.29 is 14.3 Å². The third-order valence-corrected chi connectivity index (χ3v) is 6.77. The van der Waals surface area contributed by atoms with Crippen LogP contribution in [0.4, 0.5) is 11.6 Å². The number of H-pyrrole nitrogens is 1. The molecule has 1 aliphatic rings. The minimum absolute atomic E-state index is 0.101. The molecule has 0 radical (unpaired) electrons. The Bertz CT molecular complexity index is 1410. The molecule has 3 heterocycles. The first-order chi connectivity index (χ1) is 18.5. The van der Waals surface area contributed by atoms with E-state index in [4.69, 9.17) is 9.47 Å². The van der Waals surface area contributed by atoms with Crippen LogP contribution in [0.3, 0.4) is 0 Å². The van der Waals surface area contributed by atoms with E-state index in [1.165, 1.54) is 0 Å². The molecule has 1 aliphatic heterocycles. The highest BCUT2D eigenvalue weighted by atomic mass is 16.5. The van der Waals surface area contributed by atoms with Gasteiger partial charge in [0.15, 0.2) is 11.5 Å². The number of fused-ring (bicyclic) bond motifs is 1. The second-order valence-electron chi connectivity index (χ2n) is 9.35. The summed E-state index contributed by atoms with van der Waals surface area (Å²) in [6.07, 6.45) is 1.71. The van der Waals surface area contributed by atoms with E-state index in [1.54, 1.807) is 20.4 Å². The number of carbonyl (C=O) groups is 1. The summed E-state index contributed by atoms with van der Waals surface area (Å²) in [6.45, 7) is 5.69. The number of piperazine rings is 1. The van der Waals surface area contributed by atoms with E-state index in [-0.39, 0.29) is 5.91 Å². The van der Waals surface area contributed by atoms with Crippen molar-refractivity contribution in [2.75, 3.05) is 65.9 Å². The van der Waals surface area contributed by atoms with E-state index in [0.29, 0.717) is 29.7 Å². The van der Waals surface area contributed by atoms with Gasteiger partial charge in [0.25, 0.3) is 5.91 Å². The van der Waals surface area contributed by atoms with Crippen LogP contribution in [0.1, 0.15) is 10.5 Å². The first-order valence-corrected chi connectivity index (χ1v) is 12.7. The third-order valence-electron chi connectivity index (χ3n) is 6.77. The van der Waals surface area contributed by atoms with Gasteiger partial charge >= 0.3 is 0 Å². The van der Waals surface area contributed by atoms with Gasteiger partial charge < -0.3 is 30.0 Å². The van der Waals surface area contributed by atoms with Gasteiger partial charge in [0, 0.05) is 67.6 Å². The first-order valence-electron chi connectivity index (χ1n) is 12.7. The molecule has 2 aromatic heterocycles. The Morgan fingerprint density at radius 1 is 1.00 bits per heavy atom. The zero-order valence-electron chi connectivity index (χ0n) is 22.0. The van der Waals surface area contributed by atoms with Crippen LogP contribution in [0.15, 0.2) is 54.7 Å². The van der Waals surface area contributed by atoms with Gasteiger partial charge in [0.1, 0.15) is 5.69 Å². The predicted octanol–water partition coefficient (Wildman–Crippen LogP) is 3.36. The number of ether oxygens (including phenoxy) is 2. The van der Waals surface area contributed by atoms with Crippen molar-refractivity contribution in [3.63, 3.8) is 0 Å². The quantitative estimate of drug-likeness (QED) is 0.312. The summed E-state index contributed by atoms with van der Waals surface area (Å²) in [4.78, 5) is 29.7. The summed E-state index contributed by atoms with van der Waals surface area (Å²) in [5.41, 5.74) is 3.89. The Hall–Kier alpha value is -4.15. The molecule has 1 saturated heterocycles. The Morgan fingerprint density at radius 3 is 2.61 bits per heavy atom. The molecule has 198 valence electrons. The maximum atomic E-state index is 12.7. The SMILES string of the molecule is COc1ccc(-c2ccnc(Nc3ccc4[nH]c(C(=O)NCCN5CCN(C)CC5)cc4c3)n2)cc1OC. The second-order valence-corrected chi connectivity index (χ2v) is 9.35. The summed E-state index contributed by atoms with van der Waals surface area (Å²) >= 11 is 0. The zero-order valence-corrected chi connectivity index (χ0v) is 22.0. The minimum Gasteiger partial charge on any atom is -0.493 e. The molecule has 10 nitrogen and oxygen atoms in total. The monoisotopic (exact) mass is 515 g/mol. The molecule has 2 aromatic carbocycles. The average Bonchev–Trinajstić information content (AvgIpc) is 3.37. The fourth-order valence-electron chi connectivity index (χ4n) is 4.53. The van der Waals surface area contributed by atoms with E-state index >= 15 is 0 Å². The Labute approximate surface area is 222 Å². The van der Waals surface area contributed by atoms with Gasteiger partial charge in [-0.2, -0.15) is 0 Å². The number of nitrogens with one attached hydrogen (secondary N) is 3. The van der Waals surface area contributed by atoms with Crippen LogP contribution in [0.25, 0.3) is 22.2 Å². The molecule has 0 unspecified atom stereocenters. The van der Waals surface area contributed by atoms with E-state index in [9.17, 15) is 4.79 Å². The maximum absolute atomic E-state index is 12.7. The van der Waals surface area contributed by atoms with Gasteiger partial charge in [-0.05, 0) is 55.6 Å². The molecule has 4 aromatic rings. The highest BCUT2D eigenvalue weighted by Crippen LogP contribution is 2.32. The molecule has 0 spiro atoms. The van der Waals surface area contributed by atoms with E-state index < -0.39 is 0 Å². The number of carbonyl (C=O) groups excluding carboxylic acids is 1. The largest absolute Gasteiger partial charge is 0.493 e. The molecule has 0 saturated carbocycles. The summed E-state index contributed by atoms with van der Waals surface area (Å²) in [6, 6.07) is 15.2. The molecule has 38 heavy (non-hydrogen) atoms. The van der Waals surface area contributed by atoms with Crippen LogP contribution in [-0.4, -0.2) is 91.2 Å². The van der Waals surface area contributed by atoms with Crippen molar-refractivity contribution in [1.29, 1.82) is 0 Å². The van der Waals surface area contributed by atoms with E-state index in [0.717, 1.165) is 60.6 Å². The van der Waals surface area contributed by atoms with Gasteiger partial charge in [-0.15, -0.1) is 0 Å². The molecule has 1 fully saturated rings. The highest BCUT2D eigenvalue weighted by molar-refractivity contribution is 5.98. The topological polar surface area (TPSA) is 108 Å². The molecule has 1 amide bonds. The molecule has 0 aliphatic carbocycles. The first kappa shape index (κ1) is 25.5. The standard InChI is InChI=1S/C28H33N7O3/c1-34-12-14-35(15-13-34)11-10-29-27(36)24-17-20-16-21(5-6-22(20)32-24)31-28-30-9-8-23(33-28)19-4-7-25(37-2)26(18-19)38-3/h4-9,16-18,32H,10-15H2,1-3H3,(H,29,36)(H,30,31,33).